The van der Waals surface area contributed by atoms with Crippen LogP contribution in [0, 0.1) is 0 Å². The molecule has 0 aromatic rings. The Morgan fingerprint density at radius 2 is 2.12 bits per heavy atom. The molecule has 1 fully saturated rings. The van der Waals surface area contributed by atoms with Crippen LogP contribution < -0.4 is 5.32 Å². The molecule has 0 aliphatic carbocycles. The van der Waals surface area contributed by atoms with Crippen molar-refractivity contribution >= 4 is 11.9 Å². The molecule has 3 N–H and O–H groups in total. The van der Waals surface area contributed by atoms with Gasteiger partial charge in [-0.15, -0.1) is 0 Å². The highest BCUT2D eigenvalue weighted by Gasteiger charge is 2.35. The monoisotopic (exact) mass is 247 g/mol. The molecule has 0 aromatic heterocycles. The first-order valence-corrected chi connectivity index (χ1v) is 5.37. The van der Waals surface area contributed by atoms with Crippen molar-refractivity contribution in [2.75, 3.05) is 20.3 Å². The minimum Gasteiger partial charge on any atom is -0.479 e. The molecule has 0 radical (unpaired) electrons. The van der Waals surface area contributed by atoms with Crippen LogP contribution in [0.15, 0.2) is 0 Å². The number of aliphatic carboxylic acids is 1. The van der Waals surface area contributed by atoms with Crippen molar-refractivity contribution in [3.8, 4) is 0 Å². The molecule has 0 aromatic carbocycles. The summed E-state index contributed by atoms with van der Waals surface area (Å²) < 4.78 is 9.88. The van der Waals surface area contributed by atoms with Gasteiger partial charge in [0.15, 0.2) is 6.10 Å². The van der Waals surface area contributed by atoms with Gasteiger partial charge in [0.2, 0.25) is 5.91 Å². The highest BCUT2D eigenvalue weighted by molar-refractivity contribution is 5.82. The Morgan fingerprint density at radius 3 is 2.59 bits per heavy atom. The zero-order chi connectivity index (χ0) is 12.8. The van der Waals surface area contributed by atoms with Gasteiger partial charge in [-0.1, -0.05) is 0 Å². The third-order valence-corrected chi connectivity index (χ3v) is 2.52. The summed E-state index contributed by atoms with van der Waals surface area (Å²) in [6.45, 7) is -0.0496. The molecule has 1 rings (SSSR count). The maximum absolute atomic E-state index is 11.7. The Hall–Kier alpha value is -1.18. The Labute approximate surface area is 98.7 Å². The molecule has 7 nitrogen and oxygen atoms in total. The van der Waals surface area contributed by atoms with Gasteiger partial charge in [-0.05, 0) is 12.8 Å². The average Bonchev–Trinajstić information content (AvgIpc) is 2.77. The summed E-state index contributed by atoms with van der Waals surface area (Å²) in [6, 6.07) is -0.500. The predicted octanol–water partition coefficient (Wildman–Crippen LogP) is -1.26. The summed E-state index contributed by atoms with van der Waals surface area (Å²) in [5.74, 6) is -1.47. The van der Waals surface area contributed by atoms with E-state index in [4.69, 9.17) is 19.7 Å². The molecule has 17 heavy (non-hydrogen) atoms. The summed E-state index contributed by atoms with van der Waals surface area (Å²) in [5, 5.41) is 20.2. The zero-order valence-electron chi connectivity index (χ0n) is 9.59. The lowest BCUT2D eigenvalue weighted by atomic mass is 10.2. The van der Waals surface area contributed by atoms with Crippen LogP contribution in [0.25, 0.3) is 0 Å². The van der Waals surface area contributed by atoms with Crippen LogP contribution in [0.5, 0.6) is 0 Å². The summed E-state index contributed by atoms with van der Waals surface area (Å²) >= 11 is 0. The molecule has 1 unspecified atom stereocenters. The van der Waals surface area contributed by atoms with E-state index in [1.807, 2.05) is 0 Å². The SMILES string of the molecule is COCC(CO)NC(=O)[C@@H]1CC[C@H](C(=O)O)O1. The number of amides is 1. The van der Waals surface area contributed by atoms with Gasteiger partial charge < -0.3 is 25.0 Å². The number of rotatable bonds is 6. The van der Waals surface area contributed by atoms with E-state index < -0.39 is 30.1 Å². The normalized spacial score (nSPS) is 25.5. The number of aliphatic hydroxyl groups is 1. The van der Waals surface area contributed by atoms with Crippen LogP contribution in [-0.2, 0) is 19.1 Å². The van der Waals surface area contributed by atoms with Crippen LogP contribution in [0.2, 0.25) is 0 Å². The largest absolute Gasteiger partial charge is 0.479 e. The number of methoxy groups -OCH3 is 1. The molecule has 1 aliphatic rings. The van der Waals surface area contributed by atoms with Crippen molar-refractivity contribution in [1.82, 2.24) is 5.32 Å². The number of carboxylic acids is 1. The standard InChI is InChI=1S/C10H17NO6/c1-16-5-6(4-12)11-9(13)7-2-3-8(17-7)10(14)15/h6-8,12H,2-5H2,1H3,(H,11,13)(H,14,15)/t6?,7-,8+/m0/s1. The highest BCUT2D eigenvalue weighted by atomic mass is 16.5. The van der Waals surface area contributed by atoms with E-state index in [9.17, 15) is 9.59 Å². The first kappa shape index (κ1) is 13.9. The van der Waals surface area contributed by atoms with Crippen LogP contribution in [0.1, 0.15) is 12.8 Å². The van der Waals surface area contributed by atoms with Crippen molar-refractivity contribution in [1.29, 1.82) is 0 Å². The maximum atomic E-state index is 11.7. The molecule has 7 heteroatoms. The third-order valence-electron chi connectivity index (χ3n) is 2.52. The number of hydrogen-bond donors (Lipinski definition) is 3. The number of carbonyl (C=O) groups excluding carboxylic acids is 1. The Bertz CT molecular complexity index is 282. The van der Waals surface area contributed by atoms with Crippen molar-refractivity contribution < 1.29 is 29.3 Å². The molecule has 98 valence electrons. The predicted molar refractivity (Wildman–Crippen MR) is 56.4 cm³/mol. The number of nitrogens with one attached hydrogen (secondary N) is 1. The van der Waals surface area contributed by atoms with Gasteiger partial charge in [0.25, 0.3) is 0 Å². The van der Waals surface area contributed by atoms with Crippen LogP contribution in [0.3, 0.4) is 0 Å². The average molecular weight is 247 g/mol. The number of carbonyl (C=O) groups is 2. The maximum Gasteiger partial charge on any atom is 0.332 e. The van der Waals surface area contributed by atoms with Gasteiger partial charge in [0, 0.05) is 7.11 Å². The van der Waals surface area contributed by atoms with E-state index in [1.54, 1.807) is 0 Å². The summed E-state index contributed by atoms with van der Waals surface area (Å²) in [5.41, 5.74) is 0. The molecule has 1 heterocycles. The molecular formula is C10H17NO6. The van der Waals surface area contributed by atoms with Gasteiger partial charge in [0.1, 0.15) is 6.10 Å². The summed E-state index contributed by atoms with van der Waals surface area (Å²) in [4.78, 5) is 22.3. The smallest absolute Gasteiger partial charge is 0.332 e. The fraction of sp³-hybridized carbons (Fsp3) is 0.800. The van der Waals surface area contributed by atoms with Gasteiger partial charge in [-0.25, -0.2) is 4.79 Å². The first-order chi connectivity index (χ1) is 8.08. The molecule has 0 bridgehead atoms. The highest BCUT2D eigenvalue weighted by Crippen LogP contribution is 2.19. The first-order valence-electron chi connectivity index (χ1n) is 5.37. The fourth-order valence-corrected chi connectivity index (χ4v) is 1.65. The van der Waals surface area contributed by atoms with Crippen molar-refractivity contribution in [2.24, 2.45) is 0 Å². The van der Waals surface area contributed by atoms with Gasteiger partial charge in [0.05, 0.1) is 19.3 Å². The van der Waals surface area contributed by atoms with E-state index in [-0.39, 0.29) is 13.2 Å². The second kappa shape index (κ2) is 6.53. The van der Waals surface area contributed by atoms with Crippen molar-refractivity contribution in [3.63, 3.8) is 0 Å². The van der Waals surface area contributed by atoms with Crippen LogP contribution in [-0.4, -0.2) is 60.7 Å². The third kappa shape index (κ3) is 3.95. The van der Waals surface area contributed by atoms with Crippen molar-refractivity contribution in [3.05, 3.63) is 0 Å². The number of aliphatic hydroxyl groups excluding tert-OH is 1. The molecule has 1 amide bonds. The van der Waals surface area contributed by atoms with Gasteiger partial charge in [-0.2, -0.15) is 0 Å². The summed E-state index contributed by atoms with van der Waals surface area (Å²) in [6.07, 6.45) is -0.988. The second-order valence-corrected chi connectivity index (χ2v) is 3.87. The van der Waals surface area contributed by atoms with Crippen LogP contribution >= 0.6 is 0 Å². The molecule has 0 spiro atoms. The van der Waals surface area contributed by atoms with E-state index in [0.717, 1.165) is 0 Å². The van der Waals surface area contributed by atoms with E-state index in [0.29, 0.717) is 12.8 Å². The topological polar surface area (TPSA) is 105 Å². The summed E-state index contributed by atoms with van der Waals surface area (Å²) in [7, 11) is 1.46. The number of hydrogen-bond acceptors (Lipinski definition) is 5. The molecule has 1 saturated heterocycles. The molecule has 3 atom stereocenters. The molecule has 1 aliphatic heterocycles. The van der Waals surface area contributed by atoms with Crippen LogP contribution in [0.4, 0.5) is 0 Å². The number of carboxylic acid groups (broad SMARTS) is 1. The van der Waals surface area contributed by atoms with E-state index in [2.05, 4.69) is 5.32 Å². The Morgan fingerprint density at radius 1 is 1.47 bits per heavy atom. The Balaban J connectivity index is 2.41. The minimum atomic E-state index is -1.06. The lowest BCUT2D eigenvalue weighted by Crippen LogP contribution is -2.45. The Kier molecular flexibility index (Phi) is 5.33. The van der Waals surface area contributed by atoms with E-state index in [1.165, 1.54) is 7.11 Å². The molecule has 0 saturated carbocycles. The number of ether oxygens (including phenoxy) is 2. The van der Waals surface area contributed by atoms with Gasteiger partial charge in [-0.3, -0.25) is 4.79 Å². The fourth-order valence-electron chi connectivity index (χ4n) is 1.65. The lowest BCUT2D eigenvalue weighted by molar-refractivity contribution is -0.152. The van der Waals surface area contributed by atoms with E-state index >= 15 is 0 Å². The van der Waals surface area contributed by atoms with Crippen molar-refractivity contribution in [2.45, 2.75) is 31.1 Å². The zero-order valence-corrected chi connectivity index (χ0v) is 9.59. The minimum absolute atomic E-state index is 0.192. The quantitative estimate of drug-likeness (QED) is 0.541. The van der Waals surface area contributed by atoms with Gasteiger partial charge >= 0.3 is 5.97 Å². The second-order valence-electron chi connectivity index (χ2n) is 3.87. The molecular weight excluding hydrogens is 230 g/mol. The lowest BCUT2D eigenvalue weighted by Gasteiger charge is -2.18.